The Hall–Kier alpha value is -2.10. The van der Waals surface area contributed by atoms with Crippen LogP contribution >= 0.6 is 0 Å². The van der Waals surface area contributed by atoms with Crippen molar-refractivity contribution >= 4 is 17.4 Å². The van der Waals surface area contributed by atoms with Crippen molar-refractivity contribution in [3.05, 3.63) is 35.5 Å². The number of benzene rings is 1. The zero-order valence-electron chi connectivity index (χ0n) is 9.98. The zero-order chi connectivity index (χ0) is 12.4. The Labute approximate surface area is 99.6 Å². The van der Waals surface area contributed by atoms with E-state index in [0.717, 1.165) is 16.9 Å². The Morgan fingerprint density at radius 3 is 2.41 bits per heavy atom. The minimum absolute atomic E-state index is 0.368. The van der Waals surface area contributed by atoms with Crippen molar-refractivity contribution in [1.82, 2.24) is 0 Å². The van der Waals surface area contributed by atoms with Crippen LogP contribution in [0.5, 0.6) is 5.75 Å². The first-order valence-electron chi connectivity index (χ1n) is 5.24. The lowest BCUT2D eigenvalue weighted by atomic mass is 10.1. The molecular weight excluding hydrogens is 218 g/mol. The van der Waals surface area contributed by atoms with Gasteiger partial charge >= 0.3 is 5.97 Å². The monoisotopic (exact) mass is 231 g/mol. The Bertz CT molecular complexity index is 512. The molecule has 0 saturated heterocycles. The highest BCUT2D eigenvalue weighted by Crippen LogP contribution is 2.25. The third kappa shape index (κ3) is 2.20. The average molecular weight is 231 g/mol. The second-order valence-corrected chi connectivity index (χ2v) is 3.72. The highest BCUT2D eigenvalue weighted by Gasteiger charge is 2.22. The second-order valence-electron chi connectivity index (χ2n) is 3.72. The van der Waals surface area contributed by atoms with Crippen molar-refractivity contribution in [2.24, 2.45) is 4.99 Å². The molecule has 0 amide bonds. The summed E-state index contributed by atoms with van der Waals surface area (Å²) in [5, 5.41) is 0. The molecule has 0 saturated carbocycles. The quantitative estimate of drug-likeness (QED) is 0.580. The minimum atomic E-state index is -0.393. The van der Waals surface area contributed by atoms with Gasteiger partial charge in [0.25, 0.3) is 0 Å². The van der Waals surface area contributed by atoms with Crippen LogP contribution in [0.25, 0.3) is 5.57 Å². The van der Waals surface area contributed by atoms with E-state index in [1.54, 1.807) is 14.0 Å². The normalized spacial score (nSPS) is 17.6. The number of nitrogens with zero attached hydrogens (tertiary/aromatic N) is 1. The van der Waals surface area contributed by atoms with E-state index in [9.17, 15) is 4.79 Å². The number of aliphatic imine (C=N–C) groups is 1. The van der Waals surface area contributed by atoms with Crippen molar-refractivity contribution < 1.29 is 14.3 Å². The molecule has 0 unspecified atom stereocenters. The molecule has 1 aromatic rings. The molecule has 2 rings (SSSR count). The number of hydrogen-bond acceptors (Lipinski definition) is 4. The molecule has 0 aromatic heterocycles. The van der Waals surface area contributed by atoms with Crippen LogP contribution in [-0.2, 0) is 9.53 Å². The first-order chi connectivity index (χ1) is 8.11. The van der Waals surface area contributed by atoms with Gasteiger partial charge in [-0.25, -0.2) is 9.79 Å². The van der Waals surface area contributed by atoms with Gasteiger partial charge in [0.1, 0.15) is 5.75 Å². The smallest absolute Gasteiger partial charge is 0.363 e. The number of carbonyl (C=O) groups is 1. The van der Waals surface area contributed by atoms with Crippen LogP contribution in [0.2, 0.25) is 0 Å². The van der Waals surface area contributed by atoms with E-state index in [0.29, 0.717) is 11.6 Å². The number of allylic oxidation sites excluding steroid dienone is 1. The van der Waals surface area contributed by atoms with Crippen molar-refractivity contribution in [2.45, 2.75) is 13.8 Å². The number of rotatable bonds is 2. The number of cyclic esters (lactones) is 1. The predicted molar refractivity (Wildman–Crippen MR) is 64.8 cm³/mol. The van der Waals surface area contributed by atoms with Gasteiger partial charge in [-0.3, -0.25) is 0 Å². The van der Waals surface area contributed by atoms with Gasteiger partial charge < -0.3 is 9.47 Å². The summed E-state index contributed by atoms with van der Waals surface area (Å²) < 4.78 is 9.97. The molecule has 88 valence electrons. The van der Waals surface area contributed by atoms with E-state index in [4.69, 9.17) is 9.47 Å². The zero-order valence-corrected chi connectivity index (χ0v) is 9.98. The standard InChI is InChI=1S/C13H13NO3/c1-8(12-13(15)17-9(2)14-12)10-4-6-11(16-3)7-5-10/h4-7H,1-3H3/b12-8+. The lowest BCUT2D eigenvalue weighted by Gasteiger charge is -2.04. The lowest BCUT2D eigenvalue weighted by Crippen LogP contribution is -2.01. The molecular formula is C13H13NO3. The van der Waals surface area contributed by atoms with Crippen LogP contribution in [0.4, 0.5) is 0 Å². The van der Waals surface area contributed by atoms with E-state index in [2.05, 4.69) is 4.99 Å². The summed E-state index contributed by atoms with van der Waals surface area (Å²) in [6.45, 7) is 3.51. The lowest BCUT2D eigenvalue weighted by molar-refractivity contribution is -0.130. The largest absolute Gasteiger partial charge is 0.497 e. The van der Waals surface area contributed by atoms with Gasteiger partial charge in [0, 0.05) is 6.92 Å². The molecule has 4 heteroatoms. The number of ether oxygens (including phenoxy) is 2. The van der Waals surface area contributed by atoms with Gasteiger partial charge in [0.2, 0.25) is 0 Å². The van der Waals surface area contributed by atoms with Gasteiger partial charge in [-0.15, -0.1) is 0 Å². The third-order valence-electron chi connectivity index (χ3n) is 2.58. The molecule has 0 atom stereocenters. The summed E-state index contributed by atoms with van der Waals surface area (Å²) >= 11 is 0. The first kappa shape index (κ1) is 11.4. The van der Waals surface area contributed by atoms with Gasteiger partial charge in [0.05, 0.1) is 7.11 Å². The molecule has 1 aromatic carbocycles. The molecule has 17 heavy (non-hydrogen) atoms. The molecule has 1 aliphatic rings. The predicted octanol–water partition coefficient (Wildman–Crippen LogP) is 2.40. The summed E-state index contributed by atoms with van der Waals surface area (Å²) in [5.74, 6) is 0.772. The molecule has 0 spiro atoms. The van der Waals surface area contributed by atoms with E-state index in [1.807, 2.05) is 31.2 Å². The summed E-state index contributed by atoms with van der Waals surface area (Å²) in [7, 11) is 1.61. The maximum absolute atomic E-state index is 11.5. The number of esters is 1. The molecule has 0 bridgehead atoms. The SMILES string of the molecule is COc1ccc(/C(C)=C2/N=C(C)OC2=O)cc1. The molecule has 0 aliphatic carbocycles. The highest BCUT2D eigenvalue weighted by molar-refractivity contribution is 6.08. The Morgan fingerprint density at radius 2 is 1.94 bits per heavy atom. The fourth-order valence-electron chi connectivity index (χ4n) is 1.62. The first-order valence-corrected chi connectivity index (χ1v) is 5.24. The average Bonchev–Trinajstić information content (AvgIpc) is 2.68. The van der Waals surface area contributed by atoms with Gasteiger partial charge in [-0.2, -0.15) is 0 Å². The number of hydrogen-bond donors (Lipinski definition) is 0. The number of methoxy groups -OCH3 is 1. The molecule has 1 aliphatic heterocycles. The van der Waals surface area contributed by atoms with Crippen molar-refractivity contribution in [1.29, 1.82) is 0 Å². The number of carbonyl (C=O) groups excluding carboxylic acids is 1. The Kier molecular flexibility index (Phi) is 2.95. The second kappa shape index (κ2) is 4.41. The van der Waals surface area contributed by atoms with E-state index in [-0.39, 0.29) is 0 Å². The van der Waals surface area contributed by atoms with Crippen LogP contribution in [-0.4, -0.2) is 19.0 Å². The molecule has 1 heterocycles. The van der Waals surface area contributed by atoms with Crippen LogP contribution < -0.4 is 4.74 Å². The summed E-state index contributed by atoms with van der Waals surface area (Å²) in [4.78, 5) is 15.6. The van der Waals surface area contributed by atoms with E-state index in [1.165, 1.54) is 0 Å². The van der Waals surface area contributed by atoms with Crippen LogP contribution in [0.3, 0.4) is 0 Å². The fourth-order valence-corrected chi connectivity index (χ4v) is 1.62. The fraction of sp³-hybridized carbons (Fsp3) is 0.231. The van der Waals surface area contributed by atoms with Crippen molar-refractivity contribution in [2.75, 3.05) is 7.11 Å². The minimum Gasteiger partial charge on any atom is -0.497 e. The molecule has 4 nitrogen and oxygen atoms in total. The van der Waals surface area contributed by atoms with Gasteiger partial charge in [-0.05, 0) is 30.2 Å². The van der Waals surface area contributed by atoms with Gasteiger partial charge in [-0.1, -0.05) is 12.1 Å². The van der Waals surface area contributed by atoms with Crippen LogP contribution in [0, 0.1) is 0 Å². The van der Waals surface area contributed by atoms with Gasteiger partial charge in [0.15, 0.2) is 11.6 Å². The third-order valence-corrected chi connectivity index (χ3v) is 2.58. The Balaban J connectivity index is 2.39. The van der Waals surface area contributed by atoms with Crippen molar-refractivity contribution in [3.8, 4) is 5.75 Å². The molecule has 0 fully saturated rings. The summed E-state index contributed by atoms with van der Waals surface area (Å²) in [5.41, 5.74) is 2.10. The topological polar surface area (TPSA) is 47.9 Å². The maximum atomic E-state index is 11.5. The maximum Gasteiger partial charge on any atom is 0.363 e. The van der Waals surface area contributed by atoms with Crippen LogP contribution in [0.15, 0.2) is 35.0 Å². The van der Waals surface area contributed by atoms with Crippen LogP contribution in [0.1, 0.15) is 19.4 Å². The highest BCUT2D eigenvalue weighted by atomic mass is 16.6. The molecule has 0 N–H and O–H groups in total. The summed E-state index contributed by atoms with van der Waals surface area (Å²) in [6, 6.07) is 7.46. The molecule has 0 radical (unpaired) electrons. The Morgan fingerprint density at radius 1 is 1.29 bits per heavy atom. The summed E-state index contributed by atoms with van der Waals surface area (Å²) in [6.07, 6.45) is 0. The van der Waals surface area contributed by atoms with E-state index >= 15 is 0 Å². The van der Waals surface area contributed by atoms with E-state index < -0.39 is 5.97 Å². The van der Waals surface area contributed by atoms with Crippen molar-refractivity contribution in [3.63, 3.8) is 0 Å².